The first-order valence-electron chi connectivity index (χ1n) is 6.92. The maximum Gasteiger partial charge on any atom is 0.338 e. The van der Waals surface area contributed by atoms with Crippen molar-refractivity contribution in [3.05, 3.63) is 59.7 Å². The second-order valence-corrected chi connectivity index (χ2v) is 6.04. The Balaban J connectivity index is 1.79. The molecule has 0 amide bonds. The number of hydrogen-bond acceptors (Lipinski definition) is 3. The van der Waals surface area contributed by atoms with Crippen LogP contribution in [0.4, 0.5) is 5.69 Å². The summed E-state index contributed by atoms with van der Waals surface area (Å²) in [6.45, 7) is 0. The topological polar surface area (TPSA) is 49.3 Å². The van der Waals surface area contributed by atoms with Gasteiger partial charge in [0.2, 0.25) is 0 Å². The molecule has 1 aliphatic carbocycles. The number of aromatic carboxylic acids is 1. The quantitative estimate of drug-likeness (QED) is 0.817. The minimum atomic E-state index is -0.876. The normalized spacial score (nSPS) is 20.0. The zero-order valence-corrected chi connectivity index (χ0v) is 12.6. The van der Waals surface area contributed by atoms with E-state index in [0.717, 1.165) is 17.0 Å². The lowest BCUT2D eigenvalue weighted by Crippen LogP contribution is -2.10. The third kappa shape index (κ3) is 2.90. The van der Waals surface area contributed by atoms with Gasteiger partial charge in [-0.3, -0.25) is 0 Å². The van der Waals surface area contributed by atoms with Crippen LogP contribution in [0.3, 0.4) is 0 Å². The monoisotopic (exact) mass is 299 g/mol. The summed E-state index contributed by atoms with van der Waals surface area (Å²) in [4.78, 5) is 12.3. The van der Waals surface area contributed by atoms with E-state index in [9.17, 15) is 9.90 Å². The number of carbonyl (C=O) groups is 1. The summed E-state index contributed by atoms with van der Waals surface area (Å²) < 4.78 is 0. The lowest BCUT2D eigenvalue weighted by atomic mass is 10.1. The lowest BCUT2D eigenvalue weighted by Gasteiger charge is -2.12. The van der Waals surface area contributed by atoms with E-state index in [-0.39, 0.29) is 0 Å². The molecular formula is C17H17NO2S. The van der Waals surface area contributed by atoms with Crippen molar-refractivity contribution in [1.29, 1.82) is 0 Å². The minimum absolute atomic E-state index is 0.322. The van der Waals surface area contributed by atoms with E-state index in [1.807, 2.05) is 42.7 Å². The summed E-state index contributed by atoms with van der Waals surface area (Å²) in [5.74, 6) is -0.398. The van der Waals surface area contributed by atoms with Crippen molar-refractivity contribution in [2.24, 2.45) is 0 Å². The van der Waals surface area contributed by atoms with Crippen LogP contribution in [-0.4, -0.2) is 23.4 Å². The van der Waals surface area contributed by atoms with Gasteiger partial charge >= 0.3 is 5.97 Å². The summed E-state index contributed by atoms with van der Waals surface area (Å²) in [5.41, 5.74) is 2.41. The molecule has 21 heavy (non-hydrogen) atoms. The first-order chi connectivity index (χ1) is 10.2. The number of nitrogens with one attached hydrogen (secondary N) is 1. The molecule has 0 aliphatic heterocycles. The number of hydrogen-bond donors (Lipinski definition) is 2. The van der Waals surface area contributed by atoms with Crippen LogP contribution < -0.4 is 5.32 Å². The van der Waals surface area contributed by atoms with Crippen molar-refractivity contribution in [2.45, 2.75) is 23.3 Å². The molecule has 0 aromatic heterocycles. The van der Waals surface area contributed by atoms with E-state index in [4.69, 9.17) is 0 Å². The summed E-state index contributed by atoms with van der Waals surface area (Å²) in [6, 6.07) is 16.3. The van der Waals surface area contributed by atoms with Gasteiger partial charge in [0, 0.05) is 16.9 Å². The largest absolute Gasteiger partial charge is 0.478 e. The Morgan fingerprint density at radius 1 is 1.19 bits per heavy atom. The van der Waals surface area contributed by atoms with Gasteiger partial charge < -0.3 is 10.4 Å². The predicted octanol–water partition coefficient (Wildman–Crippen LogP) is 4.07. The fourth-order valence-corrected chi connectivity index (χ4v) is 3.28. The van der Waals surface area contributed by atoms with Crippen LogP contribution >= 0.6 is 11.8 Å². The molecular weight excluding hydrogens is 282 g/mol. The van der Waals surface area contributed by atoms with Gasteiger partial charge in [0.05, 0.1) is 11.3 Å². The molecule has 0 bridgehead atoms. The molecule has 2 N–H and O–H groups in total. The van der Waals surface area contributed by atoms with Crippen molar-refractivity contribution >= 4 is 23.4 Å². The molecule has 1 saturated carbocycles. The molecule has 3 rings (SSSR count). The van der Waals surface area contributed by atoms with E-state index in [1.165, 1.54) is 17.3 Å². The summed E-state index contributed by atoms with van der Waals surface area (Å²) in [5, 5.41) is 12.8. The number of benzene rings is 2. The lowest BCUT2D eigenvalue weighted by molar-refractivity contribution is 0.0694. The number of anilines is 1. The van der Waals surface area contributed by atoms with Crippen molar-refractivity contribution in [3.63, 3.8) is 0 Å². The highest BCUT2D eigenvalue weighted by molar-refractivity contribution is 7.98. The molecule has 3 nitrogen and oxygen atoms in total. The van der Waals surface area contributed by atoms with E-state index < -0.39 is 5.97 Å². The zero-order chi connectivity index (χ0) is 14.8. The second kappa shape index (κ2) is 5.82. The van der Waals surface area contributed by atoms with Crippen molar-refractivity contribution in [3.8, 4) is 0 Å². The Labute approximate surface area is 128 Å². The Morgan fingerprint density at radius 3 is 2.62 bits per heavy atom. The molecule has 0 radical (unpaired) electrons. The first-order valence-corrected chi connectivity index (χ1v) is 8.15. The van der Waals surface area contributed by atoms with Gasteiger partial charge in [-0.15, -0.1) is 11.8 Å². The van der Waals surface area contributed by atoms with Gasteiger partial charge in [-0.05, 0) is 30.4 Å². The molecule has 0 heterocycles. The van der Waals surface area contributed by atoms with E-state index >= 15 is 0 Å². The van der Waals surface area contributed by atoms with Crippen molar-refractivity contribution < 1.29 is 9.90 Å². The third-order valence-corrected chi connectivity index (χ3v) is 4.60. The van der Waals surface area contributed by atoms with Crippen molar-refractivity contribution in [2.75, 3.05) is 11.6 Å². The highest BCUT2D eigenvalue weighted by atomic mass is 32.2. The van der Waals surface area contributed by atoms with Gasteiger partial charge in [0.15, 0.2) is 0 Å². The molecule has 2 aromatic carbocycles. The van der Waals surface area contributed by atoms with Crippen LogP contribution in [0.15, 0.2) is 53.4 Å². The van der Waals surface area contributed by atoms with Crippen LogP contribution in [0.5, 0.6) is 0 Å². The fourth-order valence-electron chi connectivity index (χ4n) is 2.66. The summed E-state index contributed by atoms with van der Waals surface area (Å²) in [7, 11) is 0. The van der Waals surface area contributed by atoms with Crippen LogP contribution in [-0.2, 0) is 0 Å². The highest BCUT2D eigenvalue weighted by Gasteiger charge is 2.38. The average Bonchev–Trinajstić information content (AvgIpc) is 3.26. The molecule has 1 fully saturated rings. The van der Waals surface area contributed by atoms with Crippen LogP contribution in [0.25, 0.3) is 0 Å². The molecule has 2 aromatic rings. The molecule has 0 saturated heterocycles. The van der Waals surface area contributed by atoms with Crippen LogP contribution in [0.1, 0.15) is 28.3 Å². The zero-order valence-electron chi connectivity index (χ0n) is 11.7. The fraction of sp³-hybridized carbons (Fsp3) is 0.235. The molecule has 1 aliphatic rings. The van der Waals surface area contributed by atoms with Crippen molar-refractivity contribution in [1.82, 2.24) is 0 Å². The molecule has 0 spiro atoms. The van der Waals surface area contributed by atoms with Gasteiger partial charge in [0.25, 0.3) is 0 Å². The number of carboxylic acids is 1. The van der Waals surface area contributed by atoms with Gasteiger partial charge in [-0.2, -0.15) is 0 Å². The van der Waals surface area contributed by atoms with Gasteiger partial charge in [-0.25, -0.2) is 4.79 Å². The SMILES string of the molecule is CSc1cccc(NC2CC2c2ccccc2)c1C(=O)O. The number of carboxylic acid groups (broad SMARTS) is 1. The second-order valence-electron chi connectivity index (χ2n) is 5.19. The first kappa shape index (κ1) is 14.0. The Kier molecular flexibility index (Phi) is 3.88. The molecule has 2 atom stereocenters. The number of thioether (sulfide) groups is 1. The maximum atomic E-state index is 11.5. The summed E-state index contributed by atoms with van der Waals surface area (Å²) >= 11 is 1.46. The Hall–Kier alpha value is -1.94. The summed E-state index contributed by atoms with van der Waals surface area (Å²) in [6.07, 6.45) is 2.95. The average molecular weight is 299 g/mol. The van der Waals surface area contributed by atoms with E-state index in [1.54, 1.807) is 0 Å². The maximum absolute atomic E-state index is 11.5. The van der Waals surface area contributed by atoms with Gasteiger partial charge in [0.1, 0.15) is 0 Å². The minimum Gasteiger partial charge on any atom is -0.478 e. The molecule has 108 valence electrons. The highest BCUT2D eigenvalue weighted by Crippen LogP contribution is 2.43. The van der Waals surface area contributed by atoms with Crippen LogP contribution in [0.2, 0.25) is 0 Å². The third-order valence-electron chi connectivity index (χ3n) is 3.82. The Morgan fingerprint density at radius 2 is 1.95 bits per heavy atom. The van der Waals surface area contributed by atoms with E-state index in [0.29, 0.717) is 17.5 Å². The number of rotatable bonds is 5. The predicted molar refractivity (Wildman–Crippen MR) is 86.4 cm³/mol. The molecule has 4 heteroatoms. The van der Waals surface area contributed by atoms with Gasteiger partial charge in [-0.1, -0.05) is 36.4 Å². The Bertz CT molecular complexity index is 657. The standard InChI is InChI=1S/C17H17NO2S/c1-21-15-9-5-8-13(16(15)17(19)20)18-14-10-12(14)11-6-3-2-4-7-11/h2-9,12,14,18H,10H2,1H3,(H,19,20). The smallest absolute Gasteiger partial charge is 0.338 e. The van der Waals surface area contributed by atoms with Crippen LogP contribution in [0, 0.1) is 0 Å². The van der Waals surface area contributed by atoms with E-state index in [2.05, 4.69) is 17.4 Å². The molecule has 2 unspecified atom stereocenters.